The molecule has 0 saturated carbocycles. The molecule has 0 amide bonds. The Labute approximate surface area is 207 Å². The number of hydrogen-bond donors (Lipinski definition) is 1. The molecule has 4 nitrogen and oxygen atoms in total. The third-order valence-electron chi connectivity index (χ3n) is 5.16. The van der Waals surface area contributed by atoms with Crippen LogP contribution in [0.5, 0.6) is 0 Å². The molecule has 0 fully saturated rings. The van der Waals surface area contributed by atoms with Crippen molar-refractivity contribution in [3.8, 4) is 0 Å². The van der Waals surface area contributed by atoms with Gasteiger partial charge in [-0.2, -0.15) is 0 Å². The summed E-state index contributed by atoms with van der Waals surface area (Å²) in [5, 5.41) is 0. The highest BCUT2D eigenvalue weighted by Gasteiger charge is 2.81. The summed E-state index contributed by atoms with van der Waals surface area (Å²) in [4.78, 5) is 1.37. The first-order valence-corrected chi connectivity index (χ1v) is 13.5. The minimum Gasteiger partial charge on any atom is -0.375 e. The van der Waals surface area contributed by atoms with Gasteiger partial charge in [-0.3, -0.25) is 0 Å². The molecular weight excluding hydrogens is 524 g/mol. The van der Waals surface area contributed by atoms with Gasteiger partial charge in [-0.05, 0) is 31.4 Å². The highest BCUT2D eigenvalue weighted by Crippen LogP contribution is 2.54. The summed E-state index contributed by atoms with van der Waals surface area (Å²) < 4.78 is 135. The standard InChI is InChI=1S/C13H23BF9O3Si.C8H11N/c1-4-7-24-27(25-8-5-2,26-9-6-3)10-14(11(15,16)17,12(18,19)20)13(21,22)23;1-9(2)8-6-4-3-5-7-8/h4-10H2,1-3H3;3-7H,1-2H3/q-1;/p+1. The van der Waals surface area contributed by atoms with Crippen LogP contribution < -0.4 is 4.90 Å². The first-order valence-electron chi connectivity index (χ1n) is 11.6. The van der Waals surface area contributed by atoms with Crippen LogP contribution in [-0.2, 0) is 13.3 Å². The average Bonchev–Trinajstić information content (AvgIpc) is 2.76. The number of rotatable bonds is 12. The van der Waals surface area contributed by atoms with E-state index in [1.807, 2.05) is 6.07 Å². The highest BCUT2D eigenvalue weighted by molar-refractivity contribution is 6.94. The Balaban J connectivity index is 0.00000113. The normalized spacial score (nSPS) is 13.5. The van der Waals surface area contributed by atoms with Crippen LogP contribution in [0.25, 0.3) is 0 Å². The predicted molar refractivity (Wildman–Crippen MR) is 122 cm³/mol. The first kappa shape index (κ1) is 34.7. The van der Waals surface area contributed by atoms with Crippen molar-refractivity contribution in [3.63, 3.8) is 0 Å². The number of alkyl halides is 9. The fourth-order valence-corrected chi connectivity index (χ4v) is 6.72. The lowest BCUT2D eigenvalue weighted by Crippen LogP contribution is -3.00. The first-order chi connectivity index (χ1) is 16.4. The molecule has 36 heavy (non-hydrogen) atoms. The lowest BCUT2D eigenvalue weighted by atomic mass is 9.23. The molecule has 0 saturated heterocycles. The summed E-state index contributed by atoms with van der Waals surface area (Å²) in [7, 11) is -0.715. The van der Waals surface area contributed by atoms with E-state index in [9.17, 15) is 39.5 Å². The lowest BCUT2D eigenvalue weighted by molar-refractivity contribution is -0.786. The molecular formula is C21H35BF9NO3Si. The van der Waals surface area contributed by atoms with Crippen LogP contribution in [0.3, 0.4) is 0 Å². The molecule has 0 aliphatic heterocycles. The molecule has 0 heterocycles. The molecule has 0 spiro atoms. The van der Waals surface area contributed by atoms with E-state index in [-0.39, 0.29) is 39.1 Å². The molecule has 1 rings (SSSR count). The maximum atomic E-state index is 13.3. The van der Waals surface area contributed by atoms with Gasteiger partial charge in [-0.15, -0.1) is 0 Å². The van der Waals surface area contributed by atoms with Gasteiger partial charge in [0, 0.05) is 19.8 Å². The zero-order chi connectivity index (χ0) is 28.3. The van der Waals surface area contributed by atoms with Crippen molar-refractivity contribution in [2.45, 2.75) is 64.2 Å². The number of hydrogen-bond acceptors (Lipinski definition) is 3. The van der Waals surface area contributed by atoms with Crippen LogP contribution in [0.15, 0.2) is 30.3 Å². The maximum absolute atomic E-state index is 13.3. The van der Waals surface area contributed by atoms with Crippen LogP contribution in [0.4, 0.5) is 45.2 Å². The van der Waals surface area contributed by atoms with Gasteiger partial charge in [0.15, 0.2) is 0 Å². The van der Waals surface area contributed by atoms with Gasteiger partial charge in [-0.1, -0.05) is 44.9 Å². The van der Waals surface area contributed by atoms with Gasteiger partial charge >= 0.3 is 15.0 Å². The molecule has 0 aliphatic rings. The van der Waals surface area contributed by atoms with Gasteiger partial charge in [0.25, 0.3) is 18.2 Å². The third kappa shape index (κ3) is 9.54. The Kier molecular flexibility index (Phi) is 14.1. The second-order valence-corrected chi connectivity index (χ2v) is 11.1. The summed E-state index contributed by atoms with van der Waals surface area (Å²) >= 11 is 0. The number of para-hydroxylation sites is 1. The van der Waals surface area contributed by atoms with Crippen molar-refractivity contribution in [3.05, 3.63) is 30.3 Å². The monoisotopic (exact) mass is 559 g/mol. The second kappa shape index (κ2) is 14.6. The Morgan fingerprint density at radius 2 is 1.00 bits per heavy atom. The number of quaternary nitrogens is 1. The molecule has 0 aromatic heterocycles. The summed E-state index contributed by atoms with van der Waals surface area (Å²) in [6.07, 6.45) is -26.3. The molecule has 0 atom stereocenters. The van der Waals surface area contributed by atoms with E-state index in [1.54, 1.807) is 0 Å². The Morgan fingerprint density at radius 1 is 0.667 bits per heavy atom. The molecule has 212 valence electrons. The lowest BCUT2D eigenvalue weighted by Gasteiger charge is -2.47. The molecule has 15 heteroatoms. The van der Waals surface area contributed by atoms with Gasteiger partial charge in [0.2, 0.25) is 0 Å². The third-order valence-corrected chi connectivity index (χ3v) is 8.21. The van der Waals surface area contributed by atoms with Crippen LogP contribution in [0, 0.1) is 0 Å². The van der Waals surface area contributed by atoms with Crippen LogP contribution in [0.2, 0.25) is 5.94 Å². The molecule has 1 N–H and O–H groups in total. The van der Waals surface area contributed by atoms with E-state index in [2.05, 4.69) is 38.4 Å². The number of nitrogens with one attached hydrogen (secondary N) is 1. The average molecular weight is 559 g/mol. The summed E-state index contributed by atoms with van der Waals surface area (Å²) in [6, 6.07) is 10.4. The van der Waals surface area contributed by atoms with Gasteiger partial charge in [0.05, 0.1) is 14.1 Å². The van der Waals surface area contributed by atoms with Crippen LogP contribution in [0.1, 0.15) is 40.0 Å². The molecule has 0 bridgehead atoms. The minimum absolute atomic E-state index is 0.143. The molecule has 0 aliphatic carbocycles. The molecule has 1 aromatic rings. The quantitative estimate of drug-likeness (QED) is 0.254. The summed E-state index contributed by atoms with van der Waals surface area (Å²) in [5.41, 5.74) is 1.33. The zero-order valence-electron chi connectivity index (χ0n) is 21.0. The van der Waals surface area contributed by atoms with Crippen molar-refractivity contribution in [1.29, 1.82) is 0 Å². The Bertz CT molecular complexity index is 674. The Hall–Kier alpha value is -1.29. The van der Waals surface area contributed by atoms with E-state index >= 15 is 0 Å². The van der Waals surface area contributed by atoms with E-state index in [0.717, 1.165) is 0 Å². The van der Waals surface area contributed by atoms with Crippen molar-refractivity contribution in [1.82, 2.24) is 0 Å². The minimum atomic E-state index is -6.91. The number of benzene rings is 1. The summed E-state index contributed by atoms with van der Waals surface area (Å²) in [6.45, 7) is 3.32. The van der Waals surface area contributed by atoms with E-state index in [4.69, 9.17) is 13.3 Å². The fourth-order valence-electron chi connectivity index (χ4n) is 3.12. The Morgan fingerprint density at radius 3 is 1.22 bits per heavy atom. The van der Waals surface area contributed by atoms with Gasteiger partial charge in [-0.25, -0.2) is 39.5 Å². The van der Waals surface area contributed by atoms with Gasteiger partial charge in [0.1, 0.15) is 5.69 Å². The molecule has 1 aromatic carbocycles. The number of halogens is 9. The van der Waals surface area contributed by atoms with Crippen LogP contribution >= 0.6 is 0 Å². The SMILES string of the molecule is CCCO[Si](C[B-](C(F)(F)F)(C(F)(F)F)C(F)(F)F)(OCCC)OCCC.C[NH+](C)c1ccccc1. The molecule has 0 radical (unpaired) electrons. The van der Waals surface area contributed by atoms with E-state index < -0.39 is 39.1 Å². The van der Waals surface area contributed by atoms with Crippen LogP contribution in [-0.4, -0.2) is 67.1 Å². The summed E-state index contributed by atoms with van der Waals surface area (Å²) in [5.74, 6) is -2.45. The second-order valence-electron chi connectivity index (χ2n) is 8.47. The van der Waals surface area contributed by atoms with Crippen molar-refractivity contribution in [2.24, 2.45) is 0 Å². The van der Waals surface area contributed by atoms with Crippen molar-refractivity contribution < 1.29 is 57.7 Å². The zero-order valence-corrected chi connectivity index (χ0v) is 22.0. The van der Waals surface area contributed by atoms with Crippen molar-refractivity contribution in [2.75, 3.05) is 33.9 Å². The van der Waals surface area contributed by atoms with Gasteiger partial charge < -0.3 is 18.2 Å². The maximum Gasteiger partial charge on any atom is 0.465 e. The van der Waals surface area contributed by atoms with E-state index in [1.165, 1.54) is 31.4 Å². The predicted octanol–water partition coefficient (Wildman–Crippen LogP) is 5.96. The van der Waals surface area contributed by atoms with E-state index in [0.29, 0.717) is 0 Å². The smallest absolute Gasteiger partial charge is 0.375 e. The van der Waals surface area contributed by atoms with Crippen molar-refractivity contribution >= 4 is 20.6 Å². The molecule has 0 unspecified atom stereocenters. The topological polar surface area (TPSA) is 32.1 Å². The fraction of sp³-hybridized carbons (Fsp3) is 0.714. The largest absolute Gasteiger partial charge is 0.465 e. The highest BCUT2D eigenvalue weighted by atomic mass is 28.4.